The first-order chi connectivity index (χ1) is 20.1. The van der Waals surface area contributed by atoms with Gasteiger partial charge in [0.1, 0.15) is 6.67 Å². The van der Waals surface area contributed by atoms with Gasteiger partial charge >= 0.3 is 0 Å². The zero-order valence-corrected chi connectivity index (χ0v) is 28.3. The molecule has 0 amide bonds. The molecule has 2 atom stereocenters. The van der Waals surface area contributed by atoms with E-state index in [-0.39, 0.29) is 6.04 Å². The van der Waals surface area contributed by atoms with Gasteiger partial charge in [0.2, 0.25) is 0 Å². The van der Waals surface area contributed by atoms with Crippen LogP contribution in [0.2, 0.25) is 0 Å². The number of terminal acetylenes is 2. The zero-order chi connectivity index (χ0) is 33.8. The monoisotopic (exact) mass is 582 g/mol. The lowest BCUT2D eigenvalue weighted by Crippen LogP contribution is -2.25. The highest BCUT2D eigenvalue weighted by Crippen LogP contribution is 2.12. The molecule has 0 spiro atoms. The molecular formula is C38H64FN3. The molecule has 0 aromatic rings. The van der Waals surface area contributed by atoms with Gasteiger partial charge < -0.3 is 16.4 Å². The molecule has 3 nitrogen and oxygen atoms in total. The number of rotatable bonds is 17. The van der Waals surface area contributed by atoms with Crippen molar-refractivity contribution in [3.63, 3.8) is 0 Å². The summed E-state index contributed by atoms with van der Waals surface area (Å²) in [5.41, 5.74) is 11.6. The van der Waals surface area contributed by atoms with Crippen LogP contribution in [0.5, 0.6) is 0 Å². The molecule has 0 aliphatic carbocycles. The lowest BCUT2D eigenvalue weighted by molar-refractivity contribution is 0.527. The van der Waals surface area contributed by atoms with Gasteiger partial charge in [0, 0.05) is 30.5 Å². The third-order valence-electron chi connectivity index (χ3n) is 5.87. The van der Waals surface area contributed by atoms with Gasteiger partial charge in [-0.15, -0.1) is 32.3 Å². The Morgan fingerprint density at radius 1 is 0.952 bits per heavy atom. The number of halogens is 1. The third-order valence-corrected chi connectivity index (χ3v) is 5.87. The molecule has 42 heavy (non-hydrogen) atoms. The number of hydrogen-bond acceptors (Lipinski definition) is 3. The minimum atomic E-state index is -0.410. The fourth-order valence-electron chi connectivity index (χ4n) is 3.26. The minimum absolute atomic E-state index is 0.221. The Morgan fingerprint density at radius 2 is 1.52 bits per heavy atom. The number of hydrogen-bond donors (Lipinski definition) is 3. The molecule has 0 fully saturated rings. The Bertz CT molecular complexity index is 844. The van der Waals surface area contributed by atoms with Crippen molar-refractivity contribution in [3.05, 3.63) is 96.5 Å². The van der Waals surface area contributed by atoms with Crippen molar-refractivity contribution in [2.75, 3.05) is 13.7 Å². The van der Waals surface area contributed by atoms with Crippen molar-refractivity contribution < 1.29 is 4.39 Å². The van der Waals surface area contributed by atoms with Crippen LogP contribution in [-0.4, -0.2) is 25.8 Å². The first-order valence-corrected chi connectivity index (χ1v) is 14.8. The van der Waals surface area contributed by atoms with Gasteiger partial charge in [-0.3, -0.25) is 0 Å². The highest BCUT2D eigenvalue weighted by molar-refractivity contribution is 5.32. The maximum Gasteiger partial charge on any atom is 0.108 e. The van der Waals surface area contributed by atoms with E-state index in [0.29, 0.717) is 6.04 Å². The number of nitrogens with two attached hydrogens (primary N) is 1. The summed E-state index contributed by atoms with van der Waals surface area (Å²) in [7, 11) is 1.92. The number of nitrogens with one attached hydrogen (secondary N) is 2. The molecule has 0 heterocycles. The van der Waals surface area contributed by atoms with Crippen molar-refractivity contribution in [1.29, 1.82) is 0 Å². The van der Waals surface area contributed by atoms with Crippen LogP contribution in [-0.2, 0) is 0 Å². The van der Waals surface area contributed by atoms with E-state index in [9.17, 15) is 4.39 Å². The summed E-state index contributed by atoms with van der Waals surface area (Å²) >= 11 is 0. The maximum absolute atomic E-state index is 11.9. The van der Waals surface area contributed by atoms with Crippen LogP contribution >= 0.6 is 0 Å². The maximum atomic E-state index is 11.9. The Balaban J connectivity index is -0.000000180. The van der Waals surface area contributed by atoms with Crippen LogP contribution in [0.15, 0.2) is 96.5 Å². The van der Waals surface area contributed by atoms with Crippen LogP contribution in [0, 0.1) is 25.7 Å². The van der Waals surface area contributed by atoms with Gasteiger partial charge in [0.15, 0.2) is 0 Å². The van der Waals surface area contributed by atoms with Crippen molar-refractivity contribution in [3.8, 4) is 25.7 Å². The summed E-state index contributed by atoms with van der Waals surface area (Å²) in [5, 5.41) is 6.48. The van der Waals surface area contributed by atoms with Gasteiger partial charge in [0.05, 0.1) is 0 Å². The molecular weight excluding hydrogens is 517 g/mol. The predicted octanol–water partition coefficient (Wildman–Crippen LogP) is 9.91. The molecule has 4 N–H and O–H groups in total. The minimum Gasteiger partial charge on any atom is -0.388 e. The summed E-state index contributed by atoms with van der Waals surface area (Å²) in [6.45, 7) is 25.3. The SMILES string of the molecule is C#C.C#C.C/C=C(\C)NC(C)C(/C=C\CF)=C/C.C=C/C(C)=C(\C=C/C(=C)CCCCC(N)CCC)NC.C=CCC. The van der Waals surface area contributed by atoms with E-state index in [2.05, 4.69) is 89.0 Å². The number of allylic oxidation sites excluding steroid dienone is 10. The van der Waals surface area contributed by atoms with E-state index in [1.165, 1.54) is 30.9 Å². The molecule has 0 aromatic heterocycles. The average Bonchev–Trinajstić information content (AvgIpc) is 3.02. The molecule has 0 saturated heterocycles. The molecule has 2 unspecified atom stereocenters. The molecule has 0 aromatic carbocycles. The van der Waals surface area contributed by atoms with Crippen molar-refractivity contribution in [2.24, 2.45) is 5.73 Å². The van der Waals surface area contributed by atoms with E-state index < -0.39 is 6.67 Å². The van der Waals surface area contributed by atoms with Crippen molar-refractivity contribution >= 4 is 0 Å². The Kier molecular flexibility index (Phi) is 45.6. The first kappa shape index (κ1) is 48.3. The molecule has 0 rings (SSSR count). The standard InChI is InChI=1S/C18H32N2.C12H20FN.C4H8.2C2H2/c1-6-10-17(19)12-9-8-11-15(3)13-14-18(20-5)16(4)7-2;1-5-10(3)14-11(4)12(6-2)8-7-9-13;1-3-4-2;2*1-2/h7,13-14,17,20H,2-3,6,8-12,19H2,1,4-5H3;5-8,11,14H,9H2,1-4H3;3H,1,4H2,2H3;2*1-2H/b14-13-,18-16+;8-7-,10-5+,12-6+;;;. The van der Waals surface area contributed by atoms with Gasteiger partial charge in [-0.2, -0.15) is 0 Å². The van der Waals surface area contributed by atoms with Crippen LogP contribution in [0.25, 0.3) is 0 Å². The summed E-state index contributed by atoms with van der Waals surface area (Å²) < 4.78 is 11.9. The van der Waals surface area contributed by atoms with Crippen LogP contribution < -0.4 is 16.4 Å². The Morgan fingerprint density at radius 3 is 1.93 bits per heavy atom. The molecule has 0 aliphatic rings. The van der Waals surface area contributed by atoms with Gasteiger partial charge in [0.25, 0.3) is 0 Å². The largest absolute Gasteiger partial charge is 0.388 e. The van der Waals surface area contributed by atoms with E-state index in [4.69, 9.17) is 5.73 Å². The van der Waals surface area contributed by atoms with Gasteiger partial charge in [-0.05, 0) is 83.9 Å². The molecule has 238 valence electrons. The fourth-order valence-corrected chi connectivity index (χ4v) is 3.26. The Labute approximate surface area is 261 Å². The smallest absolute Gasteiger partial charge is 0.108 e. The molecule has 0 saturated carbocycles. The van der Waals surface area contributed by atoms with E-state index in [1.54, 1.807) is 0 Å². The fraction of sp³-hybridized carbons (Fsp3) is 0.474. The molecule has 4 heteroatoms. The first-order valence-electron chi connectivity index (χ1n) is 14.8. The van der Waals surface area contributed by atoms with E-state index in [1.807, 2.05) is 65.1 Å². The summed E-state index contributed by atoms with van der Waals surface area (Å²) in [5.74, 6) is 0. The second kappa shape index (κ2) is 39.7. The highest BCUT2D eigenvalue weighted by Gasteiger charge is 2.03. The number of unbranched alkanes of at least 4 members (excludes halogenated alkanes) is 1. The average molecular weight is 582 g/mol. The number of likely N-dealkylation sites (N-methyl/N-ethyl adjacent to an activating group) is 1. The predicted molar refractivity (Wildman–Crippen MR) is 193 cm³/mol. The van der Waals surface area contributed by atoms with E-state index >= 15 is 0 Å². The van der Waals surface area contributed by atoms with Crippen LogP contribution in [0.4, 0.5) is 4.39 Å². The van der Waals surface area contributed by atoms with Crippen LogP contribution in [0.3, 0.4) is 0 Å². The third kappa shape index (κ3) is 34.6. The summed E-state index contributed by atoms with van der Waals surface area (Å²) in [4.78, 5) is 0. The lowest BCUT2D eigenvalue weighted by Gasteiger charge is -2.16. The second-order valence-electron chi connectivity index (χ2n) is 9.22. The topological polar surface area (TPSA) is 50.1 Å². The van der Waals surface area contributed by atoms with E-state index in [0.717, 1.165) is 48.2 Å². The molecule has 0 radical (unpaired) electrons. The Hall–Kier alpha value is -3.47. The normalized spacial score (nSPS) is 12.7. The van der Waals surface area contributed by atoms with Crippen LogP contribution in [0.1, 0.15) is 93.4 Å². The second-order valence-corrected chi connectivity index (χ2v) is 9.22. The summed E-state index contributed by atoms with van der Waals surface area (Å²) in [6.07, 6.45) is 39.2. The van der Waals surface area contributed by atoms with Crippen molar-refractivity contribution in [2.45, 2.75) is 105 Å². The van der Waals surface area contributed by atoms with Gasteiger partial charge in [-0.25, -0.2) is 4.39 Å². The molecule has 0 aliphatic heterocycles. The van der Waals surface area contributed by atoms with Crippen molar-refractivity contribution in [1.82, 2.24) is 10.6 Å². The zero-order valence-electron chi connectivity index (χ0n) is 28.3. The lowest BCUT2D eigenvalue weighted by atomic mass is 10.0. The molecule has 0 bridgehead atoms. The highest BCUT2D eigenvalue weighted by atomic mass is 19.1. The summed E-state index contributed by atoms with van der Waals surface area (Å²) in [6, 6.07) is 0.594. The number of alkyl halides is 1. The van der Waals surface area contributed by atoms with Gasteiger partial charge in [-0.1, -0.05) is 88.0 Å². The quantitative estimate of drug-likeness (QED) is 0.0693.